The minimum atomic E-state index is -3.02. The number of amides is 1. The number of hydrogen-bond donors (Lipinski definition) is 0. The van der Waals surface area contributed by atoms with Crippen molar-refractivity contribution in [2.24, 2.45) is 0 Å². The molecule has 2 aliphatic heterocycles. The van der Waals surface area contributed by atoms with Crippen LogP contribution >= 0.6 is 11.8 Å². The highest BCUT2D eigenvalue weighted by atomic mass is 32.2. The van der Waals surface area contributed by atoms with Crippen molar-refractivity contribution in [2.45, 2.75) is 55.5 Å². The van der Waals surface area contributed by atoms with E-state index in [-0.39, 0.29) is 29.5 Å². The predicted octanol–water partition coefficient (Wildman–Crippen LogP) is 2.90. The van der Waals surface area contributed by atoms with Gasteiger partial charge in [-0.2, -0.15) is 0 Å². The summed E-state index contributed by atoms with van der Waals surface area (Å²) in [4.78, 5) is 16.0. The lowest BCUT2D eigenvalue weighted by molar-refractivity contribution is -0.132. The first-order chi connectivity index (χ1) is 13.5. The van der Waals surface area contributed by atoms with Gasteiger partial charge in [-0.05, 0) is 37.5 Å². The zero-order valence-corrected chi connectivity index (χ0v) is 17.6. The van der Waals surface area contributed by atoms with Crippen molar-refractivity contribution in [1.82, 2.24) is 4.90 Å². The number of sulfone groups is 1. The molecule has 154 valence electrons. The lowest BCUT2D eigenvalue weighted by Gasteiger charge is -2.34. The van der Waals surface area contributed by atoms with Crippen LogP contribution in [0, 0.1) is 0 Å². The number of nitrogens with zero attached hydrogens (tertiary/aromatic N) is 1. The Morgan fingerprint density at radius 3 is 2.50 bits per heavy atom. The van der Waals surface area contributed by atoms with Gasteiger partial charge in [-0.3, -0.25) is 4.79 Å². The molecule has 2 fully saturated rings. The summed E-state index contributed by atoms with van der Waals surface area (Å²) >= 11 is 1.48. The van der Waals surface area contributed by atoms with Crippen molar-refractivity contribution in [3.05, 3.63) is 18.2 Å². The molecule has 4 rings (SSSR count). The number of thioether (sulfide) groups is 1. The number of rotatable bonds is 5. The third kappa shape index (κ3) is 4.59. The fourth-order valence-corrected chi connectivity index (χ4v) is 6.84. The van der Waals surface area contributed by atoms with Crippen molar-refractivity contribution < 1.29 is 22.7 Å². The SMILES string of the molecule is O=C(CSc1ccc2c(c1)OCCCO2)N(C1CCCC1)[C@H]1CCS(=O)(=O)C1. The van der Waals surface area contributed by atoms with Crippen LogP contribution in [0.3, 0.4) is 0 Å². The van der Waals surface area contributed by atoms with Crippen LogP contribution in [0.4, 0.5) is 0 Å². The highest BCUT2D eigenvalue weighted by Gasteiger charge is 2.38. The highest BCUT2D eigenvalue weighted by Crippen LogP contribution is 2.35. The first kappa shape index (κ1) is 19.9. The lowest BCUT2D eigenvalue weighted by Crippen LogP contribution is -2.47. The molecule has 0 radical (unpaired) electrons. The maximum Gasteiger partial charge on any atom is 0.233 e. The Labute approximate surface area is 170 Å². The molecule has 0 bridgehead atoms. The van der Waals surface area contributed by atoms with Crippen LogP contribution in [-0.4, -0.2) is 61.8 Å². The molecule has 28 heavy (non-hydrogen) atoms. The van der Waals surface area contributed by atoms with Crippen molar-refractivity contribution in [3.63, 3.8) is 0 Å². The first-order valence-electron chi connectivity index (χ1n) is 10.1. The van der Waals surface area contributed by atoms with E-state index >= 15 is 0 Å². The van der Waals surface area contributed by atoms with E-state index in [1.54, 1.807) is 0 Å². The summed E-state index contributed by atoms with van der Waals surface area (Å²) in [6, 6.07) is 5.80. The van der Waals surface area contributed by atoms with E-state index in [1.165, 1.54) is 11.8 Å². The fourth-order valence-electron chi connectivity index (χ4n) is 4.34. The molecule has 0 N–H and O–H groups in total. The van der Waals surface area contributed by atoms with Gasteiger partial charge in [0.1, 0.15) is 0 Å². The van der Waals surface area contributed by atoms with Gasteiger partial charge in [-0.25, -0.2) is 8.42 Å². The van der Waals surface area contributed by atoms with Crippen LogP contribution in [0.25, 0.3) is 0 Å². The van der Waals surface area contributed by atoms with E-state index in [0.29, 0.717) is 25.4 Å². The summed E-state index contributed by atoms with van der Waals surface area (Å²) < 4.78 is 35.3. The first-order valence-corrected chi connectivity index (χ1v) is 12.9. The molecule has 1 atom stereocenters. The molecule has 1 amide bonds. The van der Waals surface area contributed by atoms with Gasteiger partial charge in [0, 0.05) is 23.4 Å². The molecular weight excluding hydrogens is 398 g/mol. The van der Waals surface area contributed by atoms with Gasteiger partial charge in [0.05, 0.1) is 30.5 Å². The van der Waals surface area contributed by atoms with Crippen molar-refractivity contribution in [1.29, 1.82) is 0 Å². The standard InChI is InChI=1S/C20H27NO5S2/c22-20(13-27-17-6-7-18-19(12-17)26-10-3-9-25-18)21(15-4-1-2-5-15)16-8-11-28(23,24)14-16/h6-7,12,15-16H,1-5,8-11,13-14H2/t16-/m0/s1. The molecule has 0 aromatic heterocycles. The van der Waals surface area contributed by atoms with Crippen LogP contribution in [0.2, 0.25) is 0 Å². The zero-order valence-electron chi connectivity index (χ0n) is 16.0. The Morgan fingerprint density at radius 1 is 1.04 bits per heavy atom. The highest BCUT2D eigenvalue weighted by molar-refractivity contribution is 8.00. The molecule has 6 nitrogen and oxygen atoms in total. The number of hydrogen-bond acceptors (Lipinski definition) is 6. The van der Waals surface area contributed by atoms with Crippen LogP contribution in [0.5, 0.6) is 11.5 Å². The molecule has 2 heterocycles. The number of fused-ring (bicyclic) bond motifs is 1. The molecule has 8 heteroatoms. The van der Waals surface area contributed by atoms with E-state index in [0.717, 1.165) is 48.5 Å². The van der Waals surface area contributed by atoms with Gasteiger partial charge in [0.2, 0.25) is 5.91 Å². The summed E-state index contributed by atoms with van der Waals surface area (Å²) in [5, 5.41) is 0. The lowest BCUT2D eigenvalue weighted by atomic mass is 10.1. The van der Waals surface area contributed by atoms with E-state index in [4.69, 9.17) is 9.47 Å². The Morgan fingerprint density at radius 2 is 1.79 bits per heavy atom. The van der Waals surface area contributed by atoms with E-state index in [1.807, 2.05) is 23.1 Å². The molecule has 1 aromatic rings. The van der Waals surface area contributed by atoms with Gasteiger partial charge in [-0.1, -0.05) is 12.8 Å². The smallest absolute Gasteiger partial charge is 0.233 e. The molecule has 0 spiro atoms. The number of benzene rings is 1. The second-order valence-electron chi connectivity index (χ2n) is 7.74. The molecule has 1 saturated heterocycles. The molecule has 3 aliphatic rings. The van der Waals surface area contributed by atoms with Gasteiger partial charge in [-0.15, -0.1) is 11.8 Å². The fraction of sp³-hybridized carbons (Fsp3) is 0.650. The second-order valence-corrected chi connectivity index (χ2v) is 11.0. The Hall–Kier alpha value is -1.41. The third-order valence-electron chi connectivity index (χ3n) is 5.69. The average molecular weight is 426 g/mol. The van der Waals surface area contributed by atoms with Crippen molar-refractivity contribution in [2.75, 3.05) is 30.5 Å². The quantitative estimate of drug-likeness (QED) is 0.676. The topological polar surface area (TPSA) is 72.9 Å². The number of carbonyl (C=O) groups excluding carboxylic acids is 1. The van der Waals surface area contributed by atoms with E-state index in [9.17, 15) is 13.2 Å². The normalized spacial score (nSPS) is 24.1. The zero-order chi connectivity index (χ0) is 19.6. The second kappa shape index (κ2) is 8.53. The summed E-state index contributed by atoms with van der Waals surface area (Å²) in [5.74, 6) is 2.15. The number of ether oxygens (including phenoxy) is 2. The van der Waals surface area contributed by atoms with E-state index in [2.05, 4.69) is 0 Å². The molecular formula is C20H27NO5S2. The van der Waals surface area contributed by atoms with Crippen molar-refractivity contribution >= 4 is 27.5 Å². The van der Waals surface area contributed by atoms with Crippen molar-refractivity contribution in [3.8, 4) is 11.5 Å². The number of carbonyl (C=O) groups is 1. The van der Waals surface area contributed by atoms with Crippen LogP contribution in [0.15, 0.2) is 23.1 Å². The Balaban J connectivity index is 1.43. The third-order valence-corrected chi connectivity index (χ3v) is 8.42. The monoisotopic (exact) mass is 425 g/mol. The summed E-state index contributed by atoms with van der Waals surface area (Å²) in [7, 11) is -3.02. The van der Waals surface area contributed by atoms with E-state index < -0.39 is 9.84 Å². The van der Waals surface area contributed by atoms with Crippen LogP contribution in [-0.2, 0) is 14.6 Å². The summed E-state index contributed by atoms with van der Waals surface area (Å²) in [5.41, 5.74) is 0. The summed E-state index contributed by atoms with van der Waals surface area (Å²) in [6.45, 7) is 1.28. The van der Waals surface area contributed by atoms with Crippen LogP contribution in [0.1, 0.15) is 38.5 Å². The minimum absolute atomic E-state index is 0.0473. The van der Waals surface area contributed by atoms with Crippen LogP contribution < -0.4 is 9.47 Å². The van der Waals surface area contributed by atoms with Gasteiger partial charge in [0.15, 0.2) is 21.3 Å². The Kier molecular flexibility index (Phi) is 6.06. The maximum absolute atomic E-state index is 13.1. The molecule has 1 aliphatic carbocycles. The molecule has 1 saturated carbocycles. The Bertz CT molecular complexity index is 820. The molecule has 0 unspecified atom stereocenters. The maximum atomic E-state index is 13.1. The van der Waals surface area contributed by atoms with Gasteiger partial charge < -0.3 is 14.4 Å². The summed E-state index contributed by atoms with van der Waals surface area (Å²) in [6.07, 6.45) is 5.62. The minimum Gasteiger partial charge on any atom is -0.490 e. The van der Waals surface area contributed by atoms with Gasteiger partial charge >= 0.3 is 0 Å². The average Bonchev–Trinajstić information content (AvgIpc) is 3.24. The van der Waals surface area contributed by atoms with Gasteiger partial charge in [0.25, 0.3) is 0 Å². The molecule has 1 aromatic carbocycles. The largest absolute Gasteiger partial charge is 0.490 e. The predicted molar refractivity (Wildman–Crippen MR) is 109 cm³/mol.